The van der Waals surface area contributed by atoms with Crippen molar-refractivity contribution < 1.29 is 9.31 Å². The van der Waals surface area contributed by atoms with E-state index in [2.05, 4.69) is 17.1 Å². The normalized spacial score (nSPS) is 19.8. The molecule has 1 aliphatic rings. The van der Waals surface area contributed by atoms with E-state index in [1.165, 1.54) is 12.1 Å². The molecule has 0 spiro atoms. The monoisotopic (exact) mass is 289 g/mol. The van der Waals surface area contributed by atoms with Crippen molar-refractivity contribution in [3.8, 4) is 0 Å². The molecule has 19 heavy (non-hydrogen) atoms. The molecule has 1 atom stereocenters. The molecule has 1 fully saturated rings. The van der Waals surface area contributed by atoms with Crippen molar-refractivity contribution in [3.63, 3.8) is 0 Å². The van der Waals surface area contributed by atoms with Gasteiger partial charge in [-0.3, -0.25) is 15.0 Å². The second-order valence-electron chi connectivity index (χ2n) is 4.55. The third kappa shape index (κ3) is 3.86. The Kier molecular flexibility index (Phi) is 5.65. The minimum absolute atomic E-state index is 0. The van der Waals surface area contributed by atoms with Crippen LogP contribution < -0.4 is 5.32 Å². The summed E-state index contributed by atoms with van der Waals surface area (Å²) in [4.78, 5) is 12.6. The van der Waals surface area contributed by atoms with Crippen LogP contribution in [0.4, 0.5) is 10.1 Å². The van der Waals surface area contributed by atoms with Crippen LogP contribution in [0.1, 0.15) is 12.5 Å². The number of hydrogen-bond donors (Lipinski definition) is 1. The first-order chi connectivity index (χ1) is 8.58. The number of nitro groups is 1. The van der Waals surface area contributed by atoms with Gasteiger partial charge in [0.2, 0.25) is 0 Å². The van der Waals surface area contributed by atoms with E-state index >= 15 is 0 Å². The zero-order valence-corrected chi connectivity index (χ0v) is 11.5. The molecule has 1 aromatic carbocycles. The fraction of sp³-hybridized carbons (Fsp3) is 0.500. The van der Waals surface area contributed by atoms with Gasteiger partial charge in [0.15, 0.2) is 0 Å². The van der Waals surface area contributed by atoms with Crippen LogP contribution in [0.2, 0.25) is 0 Å². The molecule has 0 bridgehead atoms. The van der Waals surface area contributed by atoms with Gasteiger partial charge in [0.25, 0.3) is 5.69 Å². The lowest BCUT2D eigenvalue weighted by atomic mass is 10.1. The number of nitrogens with one attached hydrogen (secondary N) is 1. The van der Waals surface area contributed by atoms with Crippen LogP contribution in [0, 0.1) is 15.9 Å². The third-order valence-corrected chi connectivity index (χ3v) is 3.25. The average molecular weight is 290 g/mol. The molecule has 0 saturated carbocycles. The topological polar surface area (TPSA) is 58.4 Å². The maximum absolute atomic E-state index is 13.2. The fourth-order valence-electron chi connectivity index (χ4n) is 2.20. The highest BCUT2D eigenvalue weighted by Crippen LogP contribution is 2.22. The molecule has 5 nitrogen and oxygen atoms in total. The summed E-state index contributed by atoms with van der Waals surface area (Å²) < 4.78 is 13.2. The summed E-state index contributed by atoms with van der Waals surface area (Å²) in [5, 5.41) is 14.2. The molecule has 1 N–H and O–H groups in total. The second kappa shape index (κ2) is 6.79. The summed E-state index contributed by atoms with van der Waals surface area (Å²) in [5.41, 5.74) is 0.427. The number of hydrogen-bond acceptors (Lipinski definition) is 4. The molecular formula is C12H17ClFN3O2. The van der Waals surface area contributed by atoms with E-state index in [1.807, 2.05) is 0 Å². The van der Waals surface area contributed by atoms with E-state index < -0.39 is 10.7 Å². The van der Waals surface area contributed by atoms with Crippen molar-refractivity contribution in [1.29, 1.82) is 0 Å². The maximum atomic E-state index is 13.2. The molecule has 7 heteroatoms. The van der Waals surface area contributed by atoms with Crippen molar-refractivity contribution in [2.24, 2.45) is 0 Å². The van der Waals surface area contributed by atoms with Crippen molar-refractivity contribution in [3.05, 3.63) is 39.7 Å². The van der Waals surface area contributed by atoms with Gasteiger partial charge in [-0.05, 0) is 19.1 Å². The predicted octanol–water partition coefficient (Wildman–Crippen LogP) is 1.95. The summed E-state index contributed by atoms with van der Waals surface area (Å²) in [6, 6.07) is 3.91. The average Bonchev–Trinajstić information content (AvgIpc) is 2.32. The summed E-state index contributed by atoms with van der Waals surface area (Å²) in [6.07, 6.45) is 0. The first-order valence-corrected chi connectivity index (χ1v) is 5.95. The van der Waals surface area contributed by atoms with Gasteiger partial charge in [0, 0.05) is 43.9 Å². The van der Waals surface area contributed by atoms with Gasteiger partial charge in [-0.2, -0.15) is 0 Å². The summed E-state index contributed by atoms with van der Waals surface area (Å²) in [6.45, 7) is 4.99. The Morgan fingerprint density at radius 1 is 1.58 bits per heavy atom. The van der Waals surface area contributed by atoms with Crippen LogP contribution >= 0.6 is 12.4 Å². The molecule has 2 rings (SSSR count). The third-order valence-electron chi connectivity index (χ3n) is 3.25. The maximum Gasteiger partial charge on any atom is 0.274 e. The van der Waals surface area contributed by atoms with Gasteiger partial charge in [0.1, 0.15) is 5.82 Å². The van der Waals surface area contributed by atoms with Crippen LogP contribution in [-0.4, -0.2) is 35.5 Å². The van der Waals surface area contributed by atoms with Gasteiger partial charge in [-0.25, -0.2) is 4.39 Å². The molecule has 0 radical (unpaired) electrons. The zero-order chi connectivity index (χ0) is 13.1. The molecule has 0 amide bonds. The first kappa shape index (κ1) is 15.8. The Morgan fingerprint density at radius 3 is 2.95 bits per heavy atom. The van der Waals surface area contributed by atoms with E-state index in [4.69, 9.17) is 0 Å². The van der Waals surface area contributed by atoms with E-state index in [-0.39, 0.29) is 18.1 Å². The van der Waals surface area contributed by atoms with Crippen LogP contribution in [0.5, 0.6) is 0 Å². The Balaban J connectivity index is 0.00000180. The lowest BCUT2D eigenvalue weighted by Crippen LogP contribution is -2.49. The fourth-order valence-corrected chi connectivity index (χ4v) is 2.20. The smallest absolute Gasteiger partial charge is 0.274 e. The summed E-state index contributed by atoms with van der Waals surface area (Å²) in [7, 11) is 0. The zero-order valence-electron chi connectivity index (χ0n) is 10.6. The minimum Gasteiger partial charge on any atom is -0.314 e. The standard InChI is InChI=1S/C12H16FN3O2.ClH/c1-9-7-14-4-5-15(9)8-10-6-11(13)2-3-12(10)16(17)18;/h2-3,6,9,14H,4-5,7-8H2,1H3;1H/t9-;/m1./s1. The molecule has 0 aromatic heterocycles. The minimum atomic E-state index is -0.457. The highest BCUT2D eigenvalue weighted by atomic mass is 35.5. The van der Waals surface area contributed by atoms with Crippen molar-refractivity contribution in [1.82, 2.24) is 10.2 Å². The molecule has 1 saturated heterocycles. The number of nitro benzene ring substituents is 1. The van der Waals surface area contributed by atoms with Crippen molar-refractivity contribution in [2.75, 3.05) is 19.6 Å². The number of nitrogens with zero attached hydrogens (tertiary/aromatic N) is 2. The molecule has 106 valence electrons. The van der Waals surface area contributed by atoms with Gasteiger partial charge < -0.3 is 5.32 Å². The van der Waals surface area contributed by atoms with E-state index in [0.29, 0.717) is 18.2 Å². The molecule has 1 heterocycles. The van der Waals surface area contributed by atoms with Crippen molar-refractivity contribution >= 4 is 18.1 Å². The highest BCUT2D eigenvalue weighted by molar-refractivity contribution is 5.85. The summed E-state index contributed by atoms with van der Waals surface area (Å²) in [5.74, 6) is -0.432. The Morgan fingerprint density at radius 2 is 2.32 bits per heavy atom. The molecule has 0 unspecified atom stereocenters. The van der Waals surface area contributed by atoms with E-state index in [9.17, 15) is 14.5 Å². The number of piperazine rings is 1. The van der Waals surface area contributed by atoms with E-state index in [0.717, 1.165) is 25.7 Å². The number of benzene rings is 1. The van der Waals surface area contributed by atoms with Crippen LogP contribution in [0.25, 0.3) is 0 Å². The first-order valence-electron chi connectivity index (χ1n) is 5.95. The summed E-state index contributed by atoms with van der Waals surface area (Å²) >= 11 is 0. The van der Waals surface area contributed by atoms with E-state index in [1.54, 1.807) is 0 Å². The lowest BCUT2D eigenvalue weighted by molar-refractivity contribution is -0.385. The van der Waals surface area contributed by atoms with Crippen LogP contribution in [0.15, 0.2) is 18.2 Å². The second-order valence-corrected chi connectivity index (χ2v) is 4.55. The largest absolute Gasteiger partial charge is 0.314 e. The molecule has 1 aromatic rings. The molecular weight excluding hydrogens is 273 g/mol. The SMILES string of the molecule is C[C@@H]1CNCCN1Cc1cc(F)ccc1[N+](=O)[O-].Cl. The number of rotatable bonds is 3. The molecule has 0 aliphatic carbocycles. The highest BCUT2D eigenvalue weighted by Gasteiger charge is 2.22. The quantitative estimate of drug-likeness (QED) is 0.682. The van der Waals surface area contributed by atoms with Gasteiger partial charge >= 0.3 is 0 Å². The number of halogens is 2. The Bertz CT molecular complexity index is 459. The Hall–Kier alpha value is -1.24. The van der Waals surface area contributed by atoms with Gasteiger partial charge in [-0.15, -0.1) is 12.4 Å². The van der Waals surface area contributed by atoms with Crippen molar-refractivity contribution in [2.45, 2.75) is 19.5 Å². The van der Waals surface area contributed by atoms with Crippen LogP contribution in [-0.2, 0) is 6.54 Å². The molecule has 1 aliphatic heterocycles. The van der Waals surface area contributed by atoms with Gasteiger partial charge in [-0.1, -0.05) is 0 Å². The predicted molar refractivity (Wildman–Crippen MR) is 73.0 cm³/mol. The van der Waals surface area contributed by atoms with Crippen LogP contribution in [0.3, 0.4) is 0 Å². The lowest BCUT2D eigenvalue weighted by Gasteiger charge is -2.33. The van der Waals surface area contributed by atoms with Gasteiger partial charge in [0.05, 0.1) is 4.92 Å². The Labute approximate surface area is 117 Å².